The number of carbonyl (C=O) groups excluding carboxylic acids is 2. The minimum absolute atomic E-state index is 0.0590. The summed E-state index contributed by atoms with van der Waals surface area (Å²) in [4.78, 5) is 24.9. The highest BCUT2D eigenvalue weighted by Gasteiger charge is 2.51. The quantitative estimate of drug-likeness (QED) is 0.563. The molecule has 5 heteroatoms. The van der Waals surface area contributed by atoms with Crippen LogP contribution in [0.3, 0.4) is 0 Å². The highest BCUT2D eigenvalue weighted by molar-refractivity contribution is 7.99. The lowest BCUT2D eigenvalue weighted by atomic mass is 9.53. The summed E-state index contributed by atoms with van der Waals surface area (Å²) < 4.78 is 0. The van der Waals surface area contributed by atoms with Crippen LogP contribution >= 0.6 is 11.8 Å². The summed E-state index contributed by atoms with van der Waals surface area (Å²) in [5.41, 5.74) is 4.48. The Balaban J connectivity index is 1.15. The average molecular weight is 429 g/mol. The Labute approximate surface area is 185 Å². The Bertz CT molecular complexity index is 761. The van der Waals surface area contributed by atoms with Gasteiger partial charge in [-0.2, -0.15) is 11.8 Å². The zero-order valence-electron chi connectivity index (χ0n) is 18.7. The van der Waals surface area contributed by atoms with Crippen LogP contribution in [0.4, 0.5) is 5.69 Å². The van der Waals surface area contributed by atoms with Gasteiger partial charge in [0.25, 0.3) is 0 Å². The van der Waals surface area contributed by atoms with Crippen LogP contribution in [0.1, 0.15) is 68.1 Å². The lowest BCUT2D eigenvalue weighted by Crippen LogP contribution is -2.60. The molecule has 0 atom stereocenters. The number of benzene rings is 1. The summed E-state index contributed by atoms with van der Waals surface area (Å²) in [6, 6.07) is 4.20. The molecular weight excluding hydrogens is 392 g/mol. The lowest BCUT2D eigenvalue weighted by Gasteiger charge is -2.56. The standard InChI is InChI=1S/C25H36N2O2S/c1-16-7-17(2)24(18(3)8-16)26-22(28)5-4-6-30-15-23(29)27-25-12-19-9-20(13-25)11-21(10-19)14-25/h7-8,19-21H,4-6,9-15H2,1-3H3,(H,26,28)(H,27,29). The van der Waals surface area contributed by atoms with Crippen LogP contribution in [-0.4, -0.2) is 28.9 Å². The monoisotopic (exact) mass is 428 g/mol. The van der Waals surface area contributed by atoms with E-state index < -0.39 is 0 Å². The molecule has 2 N–H and O–H groups in total. The van der Waals surface area contributed by atoms with E-state index in [1.165, 1.54) is 44.1 Å². The number of hydrogen-bond acceptors (Lipinski definition) is 3. The smallest absolute Gasteiger partial charge is 0.230 e. The molecule has 0 radical (unpaired) electrons. The first-order chi connectivity index (χ1) is 14.3. The average Bonchev–Trinajstić information content (AvgIpc) is 2.62. The van der Waals surface area contributed by atoms with E-state index >= 15 is 0 Å². The van der Waals surface area contributed by atoms with Crippen molar-refractivity contribution >= 4 is 29.3 Å². The fraction of sp³-hybridized carbons (Fsp3) is 0.680. The van der Waals surface area contributed by atoms with E-state index in [0.717, 1.165) is 46.7 Å². The highest BCUT2D eigenvalue weighted by atomic mass is 32.2. The molecule has 0 aliphatic heterocycles. The molecule has 30 heavy (non-hydrogen) atoms. The van der Waals surface area contributed by atoms with Crippen molar-refractivity contribution in [1.82, 2.24) is 5.32 Å². The zero-order valence-corrected chi connectivity index (χ0v) is 19.5. The van der Waals surface area contributed by atoms with Crippen LogP contribution in [-0.2, 0) is 9.59 Å². The predicted octanol–water partition coefficient (Wildman–Crippen LogP) is 5.15. The largest absolute Gasteiger partial charge is 0.350 e. The third-order valence-corrected chi connectivity index (χ3v) is 8.35. The van der Waals surface area contributed by atoms with Crippen molar-refractivity contribution in [3.63, 3.8) is 0 Å². The molecule has 0 saturated heterocycles. The summed E-state index contributed by atoms with van der Waals surface area (Å²) in [7, 11) is 0. The van der Waals surface area contributed by atoms with Gasteiger partial charge >= 0.3 is 0 Å². The van der Waals surface area contributed by atoms with E-state index in [4.69, 9.17) is 0 Å². The lowest BCUT2D eigenvalue weighted by molar-refractivity contribution is -0.124. The van der Waals surface area contributed by atoms with E-state index in [-0.39, 0.29) is 17.4 Å². The van der Waals surface area contributed by atoms with Gasteiger partial charge in [0.1, 0.15) is 0 Å². The highest BCUT2D eigenvalue weighted by Crippen LogP contribution is 2.55. The van der Waals surface area contributed by atoms with Crippen LogP contribution in [0.2, 0.25) is 0 Å². The first kappa shape index (κ1) is 21.7. The van der Waals surface area contributed by atoms with Crippen LogP contribution < -0.4 is 10.6 Å². The third-order valence-electron chi connectivity index (χ3n) is 7.31. The van der Waals surface area contributed by atoms with E-state index in [0.29, 0.717) is 12.2 Å². The maximum absolute atomic E-state index is 12.6. The number of aryl methyl sites for hydroxylation is 3. The number of hydrogen-bond donors (Lipinski definition) is 2. The summed E-state index contributed by atoms with van der Waals surface area (Å²) in [6.07, 6.45) is 9.09. The fourth-order valence-corrected chi connectivity index (χ4v) is 7.42. The molecule has 4 saturated carbocycles. The second kappa shape index (κ2) is 8.94. The Morgan fingerprint density at radius 1 is 0.967 bits per heavy atom. The van der Waals surface area contributed by atoms with Crippen LogP contribution in [0.25, 0.3) is 0 Å². The molecular formula is C25H36N2O2S. The number of rotatable bonds is 8. The van der Waals surface area contributed by atoms with E-state index in [1.54, 1.807) is 11.8 Å². The zero-order chi connectivity index (χ0) is 21.3. The summed E-state index contributed by atoms with van der Waals surface area (Å²) in [5.74, 6) is 4.16. The molecule has 5 rings (SSSR count). The fourth-order valence-electron chi connectivity index (χ4n) is 6.67. The molecule has 0 heterocycles. The van der Waals surface area contributed by atoms with Crippen molar-refractivity contribution in [1.29, 1.82) is 0 Å². The van der Waals surface area contributed by atoms with Crippen molar-refractivity contribution in [2.24, 2.45) is 17.8 Å². The maximum Gasteiger partial charge on any atom is 0.230 e. The Kier molecular flexibility index (Phi) is 6.47. The minimum atomic E-state index is 0.0590. The van der Waals surface area contributed by atoms with E-state index in [2.05, 4.69) is 29.7 Å². The Morgan fingerprint density at radius 2 is 1.53 bits per heavy atom. The number of amides is 2. The first-order valence-electron chi connectivity index (χ1n) is 11.6. The Morgan fingerprint density at radius 3 is 2.10 bits per heavy atom. The van der Waals surface area contributed by atoms with Gasteiger partial charge in [-0.1, -0.05) is 17.7 Å². The van der Waals surface area contributed by atoms with Gasteiger partial charge in [0.05, 0.1) is 5.75 Å². The van der Waals surface area contributed by atoms with Gasteiger partial charge < -0.3 is 10.6 Å². The molecule has 0 spiro atoms. The van der Waals surface area contributed by atoms with Gasteiger partial charge in [0.2, 0.25) is 11.8 Å². The molecule has 4 aliphatic carbocycles. The maximum atomic E-state index is 12.6. The molecule has 1 aromatic carbocycles. The minimum Gasteiger partial charge on any atom is -0.350 e. The normalized spacial score (nSPS) is 29.1. The second-order valence-corrected chi connectivity index (χ2v) is 11.3. The number of thioether (sulfide) groups is 1. The molecule has 4 fully saturated rings. The molecule has 2 amide bonds. The van der Waals surface area contributed by atoms with Gasteiger partial charge in [0, 0.05) is 17.6 Å². The van der Waals surface area contributed by atoms with Gasteiger partial charge in [-0.05, 0) is 100 Å². The van der Waals surface area contributed by atoms with Gasteiger partial charge in [0.15, 0.2) is 0 Å². The molecule has 4 nitrogen and oxygen atoms in total. The van der Waals surface area contributed by atoms with Crippen molar-refractivity contribution in [2.75, 3.05) is 16.8 Å². The van der Waals surface area contributed by atoms with E-state index in [9.17, 15) is 9.59 Å². The SMILES string of the molecule is Cc1cc(C)c(NC(=O)CCCSCC(=O)NC23CC4CC(CC(C4)C2)C3)c(C)c1. The third kappa shape index (κ3) is 5.04. The molecule has 1 aromatic rings. The van der Waals surface area contributed by atoms with Crippen LogP contribution in [0.15, 0.2) is 12.1 Å². The number of carbonyl (C=O) groups is 2. The molecule has 0 aromatic heterocycles. The number of nitrogens with one attached hydrogen (secondary N) is 2. The summed E-state index contributed by atoms with van der Waals surface area (Å²) in [5, 5.41) is 6.50. The van der Waals surface area contributed by atoms with Crippen LogP contribution in [0, 0.1) is 38.5 Å². The Hall–Kier alpha value is -1.49. The first-order valence-corrected chi connectivity index (χ1v) is 12.7. The molecule has 4 aliphatic rings. The van der Waals surface area contributed by atoms with E-state index in [1.807, 2.05) is 13.8 Å². The molecule has 4 bridgehead atoms. The van der Waals surface area contributed by atoms with Gasteiger partial charge in [-0.3, -0.25) is 9.59 Å². The van der Waals surface area contributed by atoms with Gasteiger partial charge in [-0.15, -0.1) is 0 Å². The van der Waals surface area contributed by atoms with Crippen molar-refractivity contribution in [2.45, 2.75) is 77.7 Å². The predicted molar refractivity (Wildman–Crippen MR) is 125 cm³/mol. The summed E-state index contributed by atoms with van der Waals surface area (Å²) in [6.45, 7) is 6.14. The van der Waals surface area contributed by atoms with Crippen molar-refractivity contribution in [3.05, 3.63) is 28.8 Å². The molecule has 164 valence electrons. The molecule has 0 unspecified atom stereocenters. The number of anilines is 1. The van der Waals surface area contributed by atoms with Gasteiger partial charge in [-0.25, -0.2) is 0 Å². The van der Waals surface area contributed by atoms with Crippen LogP contribution in [0.5, 0.6) is 0 Å². The summed E-state index contributed by atoms with van der Waals surface area (Å²) >= 11 is 1.65. The van der Waals surface area contributed by atoms with Crippen molar-refractivity contribution in [3.8, 4) is 0 Å². The topological polar surface area (TPSA) is 58.2 Å². The second-order valence-electron chi connectivity index (χ2n) is 10.2. The van der Waals surface area contributed by atoms with Crippen molar-refractivity contribution < 1.29 is 9.59 Å².